The van der Waals surface area contributed by atoms with Crippen molar-refractivity contribution < 1.29 is 19.1 Å². The molecule has 0 saturated carbocycles. The molecule has 0 unspecified atom stereocenters. The largest absolute Gasteiger partial charge is 0.450 e. The number of hydrogen-bond donors (Lipinski definition) is 1. The molecule has 2 aromatic carbocycles. The molecule has 5 nitrogen and oxygen atoms in total. The molecule has 0 fully saturated rings. The van der Waals surface area contributed by atoms with Gasteiger partial charge in [-0.15, -0.1) is 0 Å². The highest BCUT2D eigenvalue weighted by Gasteiger charge is 2.04. The van der Waals surface area contributed by atoms with E-state index in [1.807, 2.05) is 18.2 Å². The van der Waals surface area contributed by atoms with Gasteiger partial charge in [0.05, 0.1) is 6.61 Å². The van der Waals surface area contributed by atoms with Gasteiger partial charge < -0.3 is 9.47 Å². The van der Waals surface area contributed by atoms with Crippen LogP contribution in [0.2, 0.25) is 0 Å². The van der Waals surface area contributed by atoms with Crippen LogP contribution in [-0.4, -0.2) is 18.7 Å². The van der Waals surface area contributed by atoms with Crippen molar-refractivity contribution in [2.24, 2.45) is 0 Å². The summed E-state index contributed by atoms with van der Waals surface area (Å²) in [6.45, 7) is 3.43. The van der Waals surface area contributed by atoms with Crippen LogP contribution in [-0.2, 0) is 9.53 Å². The molecule has 2 aromatic rings. The Labute approximate surface area is 116 Å². The Balaban J connectivity index is 2.22. The second-order valence-corrected chi connectivity index (χ2v) is 4.16. The van der Waals surface area contributed by atoms with Gasteiger partial charge in [0.2, 0.25) is 0 Å². The van der Waals surface area contributed by atoms with E-state index < -0.39 is 6.09 Å². The lowest BCUT2D eigenvalue weighted by Crippen LogP contribution is -2.13. The molecule has 0 aliphatic carbocycles. The van der Waals surface area contributed by atoms with Crippen LogP contribution < -0.4 is 10.1 Å². The zero-order valence-corrected chi connectivity index (χ0v) is 11.3. The molecule has 0 heterocycles. The van der Waals surface area contributed by atoms with Crippen molar-refractivity contribution in [3.63, 3.8) is 0 Å². The van der Waals surface area contributed by atoms with Gasteiger partial charge in [0, 0.05) is 12.6 Å². The lowest BCUT2D eigenvalue weighted by Gasteiger charge is -2.07. The van der Waals surface area contributed by atoms with E-state index in [1.54, 1.807) is 25.1 Å². The third kappa shape index (κ3) is 3.47. The highest BCUT2D eigenvalue weighted by Crippen LogP contribution is 2.24. The summed E-state index contributed by atoms with van der Waals surface area (Å²) in [5, 5.41) is 4.48. The first-order valence-electron chi connectivity index (χ1n) is 6.24. The zero-order chi connectivity index (χ0) is 14.5. The van der Waals surface area contributed by atoms with Gasteiger partial charge in [-0.05, 0) is 42.0 Å². The van der Waals surface area contributed by atoms with Crippen LogP contribution in [0.5, 0.6) is 5.75 Å². The van der Waals surface area contributed by atoms with Gasteiger partial charge in [-0.2, -0.15) is 0 Å². The molecule has 0 atom stereocenters. The van der Waals surface area contributed by atoms with Crippen LogP contribution in [0.25, 0.3) is 10.8 Å². The Morgan fingerprint density at radius 1 is 1.10 bits per heavy atom. The number of ether oxygens (including phenoxy) is 2. The maximum Gasteiger partial charge on any atom is 0.411 e. The van der Waals surface area contributed by atoms with E-state index in [1.165, 1.54) is 6.92 Å². The maximum absolute atomic E-state index is 11.3. The molecular weight excluding hydrogens is 258 g/mol. The number of amides is 1. The summed E-state index contributed by atoms with van der Waals surface area (Å²) in [5.41, 5.74) is 0.649. The fraction of sp³-hybridized carbons (Fsp3) is 0.200. The van der Waals surface area contributed by atoms with Crippen LogP contribution >= 0.6 is 0 Å². The first kappa shape index (κ1) is 13.9. The summed E-state index contributed by atoms with van der Waals surface area (Å²) >= 11 is 0. The SMILES string of the molecule is CCOC(=O)Nc1ccc2cc(OC(C)=O)ccc2c1. The predicted molar refractivity (Wildman–Crippen MR) is 75.9 cm³/mol. The monoisotopic (exact) mass is 273 g/mol. The van der Waals surface area contributed by atoms with E-state index in [4.69, 9.17) is 9.47 Å². The summed E-state index contributed by atoms with van der Waals surface area (Å²) in [7, 11) is 0. The molecule has 0 saturated heterocycles. The molecule has 0 bridgehead atoms. The van der Waals surface area contributed by atoms with Crippen molar-refractivity contribution in [3.8, 4) is 5.75 Å². The van der Waals surface area contributed by atoms with Gasteiger partial charge in [-0.1, -0.05) is 12.1 Å². The Kier molecular flexibility index (Phi) is 4.20. The molecule has 0 aliphatic heterocycles. The van der Waals surface area contributed by atoms with Crippen LogP contribution in [0.15, 0.2) is 36.4 Å². The van der Waals surface area contributed by atoms with E-state index in [2.05, 4.69) is 5.32 Å². The molecule has 0 radical (unpaired) electrons. The number of benzene rings is 2. The van der Waals surface area contributed by atoms with Crippen LogP contribution in [0, 0.1) is 0 Å². The molecule has 0 aliphatic rings. The number of nitrogens with one attached hydrogen (secondary N) is 1. The number of hydrogen-bond acceptors (Lipinski definition) is 4. The molecule has 0 spiro atoms. The molecule has 104 valence electrons. The van der Waals surface area contributed by atoms with Gasteiger partial charge in [0.25, 0.3) is 0 Å². The quantitative estimate of drug-likeness (QED) is 0.688. The minimum absolute atomic E-state index is 0.325. The van der Waals surface area contributed by atoms with Gasteiger partial charge in [0.1, 0.15) is 5.75 Å². The molecule has 5 heteroatoms. The minimum Gasteiger partial charge on any atom is -0.450 e. The molecule has 2 rings (SSSR count). The molecular formula is C15H15NO4. The smallest absolute Gasteiger partial charge is 0.411 e. The molecule has 1 N–H and O–H groups in total. The first-order valence-corrected chi connectivity index (χ1v) is 6.24. The second kappa shape index (κ2) is 6.06. The van der Waals surface area contributed by atoms with Crippen molar-refractivity contribution in [1.29, 1.82) is 0 Å². The normalized spacial score (nSPS) is 10.1. The predicted octanol–water partition coefficient (Wildman–Crippen LogP) is 3.33. The molecule has 1 amide bonds. The van der Waals surface area contributed by atoms with Gasteiger partial charge in [-0.25, -0.2) is 4.79 Å². The first-order chi connectivity index (χ1) is 9.58. The average Bonchev–Trinajstić information content (AvgIpc) is 2.38. The number of esters is 1. The fourth-order valence-corrected chi connectivity index (χ4v) is 1.82. The lowest BCUT2D eigenvalue weighted by atomic mass is 10.1. The Morgan fingerprint density at radius 2 is 1.80 bits per heavy atom. The summed E-state index contributed by atoms with van der Waals surface area (Å²) < 4.78 is 9.83. The Morgan fingerprint density at radius 3 is 2.50 bits per heavy atom. The van der Waals surface area contributed by atoms with E-state index in [9.17, 15) is 9.59 Å². The Bertz CT molecular complexity index is 651. The third-order valence-electron chi connectivity index (χ3n) is 2.60. The average molecular weight is 273 g/mol. The standard InChI is InChI=1S/C15H15NO4/c1-3-19-15(18)16-13-6-4-12-9-14(20-10(2)17)7-5-11(12)8-13/h4-9H,3H2,1-2H3,(H,16,18). The van der Waals surface area contributed by atoms with Gasteiger partial charge in [0.15, 0.2) is 0 Å². The topological polar surface area (TPSA) is 64.6 Å². The highest BCUT2D eigenvalue weighted by molar-refractivity contribution is 5.92. The number of carbonyl (C=O) groups is 2. The number of rotatable bonds is 3. The zero-order valence-electron chi connectivity index (χ0n) is 11.3. The van der Waals surface area contributed by atoms with E-state index in [0.29, 0.717) is 18.0 Å². The Hall–Kier alpha value is -2.56. The highest BCUT2D eigenvalue weighted by atomic mass is 16.5. The van der Waals surface area contributed by atoms with E-state index in [-0.39, 0.29) is 5.97 Å². The number of fused-ring (bicyclic) bond motifs is 1. The maximum atomic E-state index is 11.3. The summed E-state index contributed by atoms with van der Waals surface area (Å²) in [4.78, 5) is 22.2. The van der Waals surface area contributed by atoms with Crippen LogP contribution in [0.3, 0.4) is 0 Å². The van der Waals surface area contributed by atoms with Crippen molar-refractivity contribution >= 4 is 28.5 Å². The van der Waals surface area contributed by atoms with E-state index in [0.717, 1.165) is 10.8 Å². The number of carbonyl (C=O) groups excluding carboxylic acids is 2. The molecule has 0 aromatic heterocycles. The van der Waals surface area contributed by atoms with E-state index >= 15 is 0 Å². The van der Waals surface area contributed by atoms with Crippen molar-refractivity contribution in [3.05, 3.63) is 36.4 Å². The summed E-state index contributed by atoms with van der Waals surface area (Å²) in [6, 6.07) is 10.7. The van der Waals surface area contributed by atoms with Gasteiger partial charge in [-0.3, -0.25) is 10.1 Å². The minimum atomic E-state index is -0.483. The summed E-state index contributed by atoms with van der Waals surface area (Å²) in [6.07, 6.45) is -0.483. The third-order valence-corrected chi connectivity index (χ3v) is 2.60. The summed E-state index contributed by atoms with van der Waals surface area (Å²) in [5.74, 6) is 0.140. The van der Waals surface area contributed by atoms with Gasteiger partial charge >= 0.3 is 12.1 Å². The fourth-order valence-electron chi connectivity index (χ4n) is 1.82. The molecule has 20 heavy (non-hydrogen) atoms. The number of anilines is 1. The van der Waals surface area contributed by atoms with Crippen molar-refractivity contribution in [1.82, 2.24) is 0 Å². The van der Waals surface area contributed by atoms with Crippen LogP contribution in [0.1, 0.15) is 13.8 Å². The van der Waals surface area contributed by atoms with Crippen molar-refractivity contribution in [2.45, 2.75) is 13.8 Å². The van der Waals surface area contributed by atoms with Crippen LogP contribution in [0.4, 0.5) is 10.5 Å². The second-order valence-electron chi connectivity index (χ2n) is 4.16. The lowest BCUT2D eigenvalue weighted by molar-refractivity contribution is -0.131. The van der Waals surface area contributed by atoms with Crippen molar-refractivity contribution in [2.75, 3.05) is 11.9 Å².